The maximum absolute atomic E-state index is 11.8. The van der Waals surface area contributed by atoms with Gasteiger partial charge in [0.15, 0.2) is 5.43 Å². The predicted octanol–water partition coefficient (Wildman–Crippen LogP) is 2.68. The molecule has 2 heteroatoms. The monoisotopic (exact) mass is 192 g/mol. The number of allylic oxidation sites excluding steroid dienone is 1. The highest BCUT2D eigenvalue weighted by Crippen LogP contribution is 2.23. The van der Waals surface area contributed by atoms with Crippen LogP contribution in [0.1, 0.15) is 27.3 Å². The van der Waals surface area contributed by atoms with Crippen molar-refractivity contribution in [3.63, 3.8) is 0 Å². The molecule has 2 rings (SSSR count). The molecule has 1 aromatic heterocycles. The second-order valence-corrected chi connectivity index (χ2v) is 4.65. The lowest BCUT2D eigenvalue weighted by molar-refractivity contribution is 0.976. The Balaban J connectivity index is 2.77. The van der Waals surface area contributed by atoms with Crippen LogP contribution in [0.15, 0.2) is 10.9 Å². The van der Waals surface area contributed by atoms with Gasteiger partial charge in [0.25, 0.3) is 0 Å². The van der Waals surface area contributed by atoms with Crippen molar-refractivity contribution in [2.45, 2.75) is 26.7 Å². The van der Waals surface area contributed by atoms with Crippen molar-refractivity contribution in [2.75, 3.05) is 0 Å². The summed E-state index contributed by atoms with van der Waals surface area (Å²) < 4.78 is 0. The molecule has 0 bridgehead atoms. The van der Waals surface area contributed by atoms with Crippen LogP contribution < -0.4 is 5.43 Å². The van der Waals surface area contributed by atoms with Crippen molar-refractivity contribution in [3.8, 4) is 0 Å². The molecule has 0 aliphatic heterocycles. The first-order valence-electron chi connectivity index (χ1n) is 4.50. The molecule has 0 amide bonds. The molecular formula is C11H12OS. The predicted molar refractivity (Wildman–Crippen MR) is 57.4 cm³/mol. The molecule has 0 N–H and O–H groups in total. The molecule has 0 radical (unpaired) electrons. The summed E-state index contributed by atoms with van der Waals surface area (Å²) in [6.07, 6.45) is 6.16. The molecule has 0 spiro atoms. The van der Waals surface area contributed by atoms with E-state index >= 15 is 0 Å². The molecule has 1 heterocycles. The summed E-state index contributed by atoms with van der Waals surface area (Å²) in [4.78, 5) is 14.1. The third-order valence-electron chi connectivity index (χ3n) is 2.53. The summed E-state index contributed by atoms with van der Waals surface area (Å²) in [6.45, 7) is 3.94. The third kappa shape index (κ3) is 1.35. The topological polar surface area (TPSA) is 17.1 Å². The maximum Gasteiger partial charge on any atom is 0.187 e. The van der Waals surface area contributed by atoms with Crippen LogP contribution in [0, 0.1) is 13.8 Å². The van der Waals surface area contributed by atoms with Crippen LogP contribution in [-0.4, -0.2) is 0 Å². The average molecular weight is 192 g/mol. The van der Waals surface area contributed by atoms with Crippen LogP contribution in [-0.2, 0) is 6.42 Å². The molecule has 0 saturated heterocycles. The van der Waals surface area contributed by atoms with Gasteiger partial charge in [-0.2, -0.15) is 0 Å². The number of fused-ring (bicyclic) bond motifs is 1. The van der Waals surface area contributed by atoms with E-state index in [9.17, 15) is 4.79 Å². The lowest BCUT2D eigenvalue weighted by atomic mass is 10.0. The molecule has 1 nitrogen and oxygen atoms in total. The van der Waals surface area contributed by atoms with Crippen molar-refractivity contribution in [1.82, 2.24) is 0 Å². The fourth-order valence-corrected chi connectivity index (χ4v) is 2.65. The molecule has 68 valence electrons. The van der Waals surface area contributed by atoms with Crippen LogP contribution in [0.25, 0.3) is 6.08 Å². The van der Waals surface area contributed by atoms with Gasteiger partial charge < -0.3 is 0 Å². The zero-order chi connectivity index (χ0) is 9.42. The van der Waals surface area contributed by atoms with E-state index in [4.69, 9.17) is 0 Å². The summed E-state index contributed by atoms with van der Waals surface area (Å²) in [7, 11) is 0. The van der Waals surface area contributed by atoms with Crippen LogP contribution in [0.3, 0.4) is 0 Å². The van der Waals surface area contributed by atoms with Crippen LogP contribution in [0.4, 0.5) is 0 Å². The van der Waals surface area contributed by atoms with Crippen molar-refractivity contribution in [2.24, 2.45) is 0 Å². The molecule has 13 heavy (non-hydrogen) atoms. The first kappa shape index (κ1) is 8.70. The molecule has 1 aliphatic carbocycles. The van der Waals surface area contributed by atoms with Gasteiger partial charge >= 0.3 is 0 Å². The highest BCUT2D eigenvalue weighted by Gasteiger charge is 2.12. The number of hydrogen-bond donors (Lipinski definition) is 0. The Morgan fingerprint density at radius 2 is 2.15 bits per heavy atom. The molecule has 0 fully saturated rings. The minimum Gasteiger partial charge on any atom is -0.289 e. The van der Waals surface area contributed by atoms with Gasteiger partial charge in [0, 0.05) is 20.9 Å². The van der Waals surface area contributed by atoms with Crippen molar-refractivity contribution >= 4 is 17.4 Å². The summed E-state index contributed by atoms with van der Waals surface area (Å²) in [6, 6.07) is 0. The highest BCUT2D eigenvalue weighted by atomic mass is 32.1. The van der Waals surface area contributed by atoms with Gasteiger partial charge in [0.2, 0.25) is 0 Å². The summed E-state index contributed by atoms with van der Waals surface area (Å²) in [5.74, 6) is 0. The molecule has 0 atom stereocenters. The first-order chi connectivity index (χ1) is 6.20. The number of rotatable bonds is 0. The smallest absolute Gasteiger partial charge is 0.187 e. The Morgan fingerprint density at radius 1 is 1.38 bits per heavy atom. The Hall–Kier alpha value is -0.890. The largest absolute Gasteiger partial charge is 0.289 e. The second-order valence-electron chi connectivity index (χ2n) is 3.40. The molecule has 0 aromatic carbocycles. The lowest BCUT2D eigenvalue weighted by Gasteiger charge is -2.10. The molecule has 1 aliphatic rings. The van der Waals surface area contributed by atoms with Gasteiger partial charge in [-0.25, -0.2) is 0 Å². The first-order valence-corrected chi connectivity index (χ1v) is 5.31. The summed E-state index contributed by atoms with van der Waals surface area (Å²) in [5.41, 5.74) is 2.21. The quantitative estimate of drug-likeness (QED) is 0.617. The Labute approximate surface area is 81.7 Å². The van der Waals surface area contributed by atoms with E-state index in [-0.39, 0.29) is 5.43 Å². The molecule has 1 aromatic rings. The van der Waals surface area contributed by atoms with E-state index in [1.165, 1.54) is 4.88 Å². The van der Waals surface area contributed by atoms with E-state index < -0.39 is 0 Å². The molecule has 0 saturated carbocycles. The zero-order valence-electron chi connectivity index (χ0n) is 7.89. The van der Waals surface area contributed by atoms with Crippen LogP contribution in [0.2, 0.25) is 0 Å². The second kappa shape index (κ2) is 3.11. The van der Waals surface area contributed by atoms with E-state index in [1.807, 2.05) is 13.8 Å². The third-order valence-corrected chi connectivity index (χ3v) is 3.75. The SMILES string of the molecule is Cc1sc2c(c(=O)c1C)CCC=C2. The van der Waals surface area contributed by atoms with Crippen molar-refractivity contribution in [3.05, 3.63) is 37.2 Å². The van der Waals surface area contributed by atoms with Gasteiger partial charge in [-0.3, -0.25) is 4.79 Å². The van der Waals surface area contributed by atoms with Gasteiger partial charge in [0.05, 0.1) is 0 Å². The van der Waals surface area contributed by atoms with E-state index in [0.29, 0.717) is 0 Å². The van der Waals surface area contributed by atoms with Crippen LogP contribution >= 0.6 is 11.3 Å². The lowest BCUT2D eigenvalue weighted by Crippen LogP contribution is -2.15. The standard InChI is InChI=1S/C11H12OS/c1-7-8(2)13-10-6-4-3-5-9(10)11(7)12/h4,6H,3,5H2,1-2H3. The van der Waals surface area contributed by atoms with E-state index in [1.54, 1.807) is 11.3 Å². The van der Waals surface area contributed by atoms with Crippen LogP contribution in [0.5, 0.6) is 0 Å². The Kier molecular flexibility index (Phi) is 2.08. The fourth-order valence-electron chi connectivity index (χ4n) is 1.59. The molecule has 0 unspecified atom stereocenters. The highest BCUT2D eigenvalue weighted by molar-refractivity contribution is 7.12. The minimum absolute atomic E-state index is 0.260. The summed E-state index contributed by atoms with van der Waals surface area (Å²) >= 11 is 1.73. The number of aryl methyl sites for hydroxylation is 1. The van der Waals surface area contributed by atoms with Gasteiger partial charge in [-0.15, -0.1) is 11.3 Å². The van der Waals surface area contributed by atoms with Gasteiger partial charge in [-0.1, -0.05) is 6.08 Å². The summed E-state index contributed by atoms with van der Waals surface area (Å²) in [5, 5.41) is 0. The van der Waals surface area contributed by atoms with Gasteiger partial charge in [0.1, 0.15) is 0 Å². The Bertz CT molecular complexity index is 426. The van der Waals surface area contributed by atoms with E-state index in [0.717, 1.165) is 28.8 Å². The van der Waals surface area contributed by atoms with Crippen molar-refractivity contribution < 1.29 is 0 Å². The molecular weight excluding hydrogens is 180 g/mol. The normalized spacial score (nSPS) is 14.3. The average Bonchev–Trinajstić information content (AvgIpc) is 2.15. The van der Waals surface area contributed by atoms with Crippen molar-refractivity contribution in [1.29, 1.82) is 0 Å². The minimum atomic E-state index is 0.260. The maximum atomic E-state index is 11.8. The fraction of sp³-hybridized carbons (Fsp3) is 0.364. The Morgan fingerprint density at radius 3 is 2.92 bits per heavy atom. The zero-order valence-corrected chi connectivity index (χ0v) is 8.70. The van der Waals surface area contributed by atoms with E-state index in [2.05, 4.69) is 12.2 Å². The van der Waals surface area contributed by atoms with Gasteiger partial charge in [-0.05, 0) is 32.8 Å². The number of hydrogen-bond acceptors (Lipinski definition) is 2.